The van der Waals surface area contributed by atoms with Crippen LogP contribution in [0.5, 0.6) is 0 Å². The number of hydrogen-bond donors (Lipinski definition) is 0. The molecular weight excluding hydrogens is 271 g/mol. The lowest BCUT2D eigenvalue weighted by molar-refractivity contribution is 0.0978. The van der Waals surface area contributed by atoms with Gasteiger partial charge in [-0.2, -0.15) is 10.5 Å². The van der Waals surface area contributed by atoms with E-state index in [4.69, 9.17) is 10.5 Å². The Labute approximate surface area is 120 Å². The minimum Gasteiger partial charge on any atom is -0.321 e. The molecule has 6 heteroatoms. The first-order chi connectivity index (χ1) is 10.2. The third kappa shape index (κ3) is 3.31. The van der Waals surface area contributed by atoms with E-state index in [1.165, 1.54) is 30.6 Å². The lowest BCUT2D eigenvalue weighted by Gasteiger charge is -2.04. The van der Waals surface area contributed by atoms with Crippen molar-refractivity contribution < 1.29 is 9.18 Å². The van der Waals surface area contributed by atoms with Crippen LogP contribution in [0.15, 0.2) is 30.6 Å². The van der Waals surface area contributed by atoms with Gasteiger partial charge < -0.3 is 4.57 Å². The van der Waals surface area contributed by atoms with Gasteiger partial charge in [0.1, 0.15) is 18.0 Å². The number of nitriles is 2. The Morgan fingerprint density at radius 2 is 1.95 bits per heavy atom. The lowest BCUT2D eigenvalue weighted by Crippen LogP contribution is -2.04. The van der Waals surface area contributed by atoms with E-state index in [0.29, 0.717) is 18.5 Å². The zero-order valence-corrected chi connectivity index (χ0v) is 11.1. The molecule has 0 saturated carbocycles. The van der Waals surface area contributed by atoms with Crippen molar-refractivity contribution in [2.45, 2.75) is 19.4 Å². The highest BCUT2D eigenvalue weighted by Gasteiger charge is 2.11. The maximum absolute atomic E-state index is 12.8. The van der Waals surface area contributed by atoms with Gasteiger partial charge in [-0.1, -0.05) is 0 Å². The van der Waals surface area contributed by atoms with Gasteiger partial charge in [0.25, 0.3) is 0 Å². The van der Waals surface area contributed by atoms with E-state index in [1.54, 1.807) is 4.57 Å². The maximum Gasteiger partial charge on any atom is 0.176 e. The molecule has 2 rings (SSSR count). The minimum atomic E-state index is -0.382. The quantitative estimate of drug-likeness (QED) is 0.788. The molecule has 0 unspecified atom stereocenters. The van der Waals surface area contributed by atoms with Gasteiger partial charge in [0.05, 0.1) is 6.33 Å². The predicted octanol–water partition coefficient (Wildman–Crippen LogP) is 2.43. The summed E-state index contributed by atoms with van der Waals surface area (Å²) in [6, 6.07) is 9.15. The predicted molar refractivity (Wildman–Crippen MR) is 71.6 cm³/mol. The molecule has 0 fully saturated rings. The van der Waals surface area contributed by atoms with E-state index in [-0.39, 0.29) is 29.4 Å². The van der Waals surface area contributed by atoms with Crippen LogP contribution in [-0.2, 0) is 6.54 Å². The van der Waals surface area contributed by atoms with Crippen molar-refractivity contribution in [2.75, 3.05) is 0 Å². The van der Waals surface area contributed by atoms with E-state index < -0.39 is 0 Å². The molecule has 5 nitrogen and oxygen atoms in total. The summed E-state index contributed by atoms with van der Waals surface area (Å²) in [6.45, 7) is 0.421. The number of hydrogen-bond acceptors (Lipinski definition) is 4. The fraction of sp³-hybridized carbons (Fsp3) is 0.200. The van der Waals surface area contributed by atoms with Crippen LogP contribution in [-0.4, -0.2) is 15.3 Å². The van der Waals surface area contributed by atoms with Gasteiger partial charge in [0, 0.05) is 18.5 Å². The van der Waals surface area contributed by atoms with Gasteiger partial charge in [0.2, 0.25) is 0 Å². The highest BCUT2D eigenvalue weighted by molar-refractivity contribution is 5.95. The maximum atomic E-state index is 12.8. The highest BCUT2D eigenvalue weighted by Crippen LogP contribution is 2.10. The summed E-state index contributed by atoms with van der Waals surface area (Å²) in [4.78, 5) is 15.7. The van der Waals surface area contributed by atoms with Gasteiger partial charge in [-0.3, -0.25) is 4.79 Å². The van der Waals surface area contributed by atoms with Crippen molar-refractivity contribution in [3.8, 4) is 12.1 Å². The van der Waals surface area contributed by atoms with E-state index in [1.807, 2.05) is 12.1 Å². The largest absolute Gasteiger partial charge is 0.321 e. The lowest BCUT2D eigenvalue weighted by atomic mass is 10.1. The first-order valence-corrected chi connectivity index (χ1v) is 6.30. The molecule has 2 aromatic rings. The van der Waals surface area contributed by atoms with Crippen LogP contribution < -0.4 is 0 Å². The number of imidazole rings is 1. The molecule has 0 atom stereocenters. The number of ketones is 1. The van der Waals surface area contributed by atoms with Crippen molar-refractivity contribution in [1.82, 2.24) is 9.55 Å². The molecule has 1 aromatic carbocycles. The van der Waals surface area contributed by atoms with E-state index in [2.05, 4.69) is 4.98 Å². The van der Waals surface area contributed by atoms with Crippen molar-refractivity contribution in [1.29, 1.82) is 10.5 Å². The number of rotatable bonds is 5. The normalized spacial score (nSPS) is 9.86. The Bertz CT molecular complexity index is 735. The molecule has 0 aliphatic rings. The molecular formula is C15H11FN4O. The summed E-state index contributed by atoms with van der Waals surface area (Å²) in [6.07, 6.45) is 2.20. The number of aryl methyl sites for hydroxylation is 1. The summed E-state index contributed by atoms with van der Waals surface area (Å²) in [5, 5.41) is 17.8. The van der Waals surface area contributed by atoms with Gasteiger partial charge in [-0.25, -0.2) is 9.37 Å². The number of halogens is 1. The minimum absolute atomic E-state index is 0.0855. The molecule has 0 aliphatic carbocycles. The molecule has 104 valence electrons. The second-order valence-corrected chi connectivity index (χ2v) is 4.39. The Morgan fingerprint density at radius 3 is 2.57 bits per heavy atom. The molecule has 1 aromatic heterocycles. The Hall–Kier alpha value is -2.99. The third-order valence-electron chi connectivity index (χ3n) is 3.02. The standard InChI is InChI=1S/C15H11FN4O/c16-12-5-3-11(4-6-12)15(21)2-1-7-20-10-19-13(8-17)14(20)9-18/h3-6,10H,1-2,7H2. The number of nitrogens with zero attached hydrogens (tertiary/aromatic N) is 4. The second-order valence-electron chi connectivity index (χ2n) is 4.39. The van der Waals surface area contributed by atoms with Gasteiger partial charge >= 0.3 is 0 Å². The van der Waals surface area contributed by atoms with Crippen LogP contribution in [0.25, 0.3) is 0 Å². The topological polar surface area (TPSA) is 82.5 Å². The Morgan fingerprint density at radius 1 is 1.24 bits per heavy atom. The average Bonchev–Trinajstić information content (AvgIpc) is 2.89. The number of aromatic nitrogens is 2. The monoisotopic (exact) mass is 282 g/mol. The SMILES string of the molecule is N#Cc1ncn(CCCC(=O)c2ccc(F)cc2)c1C#N. The molecule has 0 spiro atoms. The molecule has 0 saturated heterocycles. The summed E-state index contributed by atoms with van der Waals surface area (Å²) >= 11 is 0. The highest BCUT2D eigenvalue weighted by atomic mass is 19.1. The van der Waals surface area contributed by atoms with Gasteiger partial charge in [0.15, 0.2) is 17.2 Å². The molecule has 0 N–H and O–H groups in total. The Kier molecular flexibility index (Phi) is 4.43. The molecule has 0 aliphatic heterocycles. The summed E-state index contributed by atoms with van der Waals surface area (Å²) in [5.41, 5.74) is 0.745. The molecule has 0 radical (unpaired) electrons. The van der Waals surface area contributed by atoms with Crippen LogP contribution in [0, 0.1) is 28.5 Å². The van der Waals surface area contributed by atoms with Crippen LogP contribution in [0.2, 0.25) is 0 Å². The molecule has 21 heavy (non-hydrogen) atoms. The van der Waals surface area contributed by atoms with Crippen molar-refractivity contribution in [3.63, 3.8) is 0 Å². The molecule has 0 amide bonds. The zero-order valence-electron chi connectivity index (χ0n) is 11.1. The van der Waals surface area contributed by atoms with Gasteiger partial charge in [-0.15, -0.1) is 0 Å². The molecule has 1 heterocycles. The fourth-order valence-corrected chi connectivity index (χ4v) is 1.94. The third-order valence-corrected chi connectivity index (χ3v) is 3.02. The van der Waals surface area contributed by atoms with Crippen molar-refractivity contribution in [3.05, 3.63) is 53.4 Å². The average molecular weight is 282 g/mol. The van der Waals surface area contributed by atoms with E-state index in [0.717, 1.165) is 0 Å². The number of Topliss-reactive ketones (excluding diaryl/α,β-unsaturated/α-hetero) is 1. The van der Waals surface area contributed by atoms with E-state index in [9.17, 15) is 9.18 Å². The summed E-state index contributed by atoms with van der Waals surface area (Å²) in [7, 11) is 0. The summed E-state index contributed by atoms with van der Waals surface area (Å²) < 4.78 is 14.3. The van der Waals surface area contributed by atoms with Crippen LogP contribution in [0.1, 0.15) is 34.6 Å². The van der Waals surface area contributed by atoms with Crippen LogP contribution >= 0.6 is 0 Å². The number of benzene rings is 1. The number of carbonyl (C=O) groups excluding carboxylic acids is 1. The number of carbonyl (C=O) groups is 1. The fourth-order valence-electron chi connectivity index (χ4n) is 1.94. The van der Waals surface area contributed by atoms with E-state index >= 15 is 0 Å². The van der Waals surface area contributed by atoms with Crippen LogP contribution in [0.4, 0.5) is 4.39 Å². The van der Waals surface area contributed by atoms with Crippen LogP contribution in [0.3, 0.4) is 0 Å². The Balaban J connectivity index is 1.95. The summed E-state index contributed by atoms with van der Waals surface area (Å²) in [5.74, 6) is -0.471. The molecule has 0 bridgehead atoms. The van der Waals surface area contributed by atoms with Crippen molar-refractivity contribution >= 4 is 5.78 Å². The van der Waals surface area contributed by atoms with Crippen molar-refractivity contribution in [2.24, 2.45) is 0 Å². The zero-order chi connectivity index (χ0) is 15.2. The van der Waals surface area contributed by atoms with Gasteiger partial charge in [-0.05, 0) is 30.7 Å². The first kappa shape index (κ1) is 14.4. The first-order valence-electron chi connectivity index (χ1n) is 6.30. The smallest absolute Gasteiger partial charge is 0.176 e. The second kappa shape index (κ2) is 6.44.